The van der Waals surface area contributed by atoms with Gasteiger partial charge in [0.1, 0.15) is 11.4 Å². The Morgan fingerprint density at radius 2 is 1.60 bits per heavy atom. The number of ketones is 1. The lowest BCUT2D eigenvalue weighted by Gasteiger charge is -2.38. The van der Waals surface area contributed by atoms with Crippen LogP contribution in [0.5, 0.6) is 0 Å². The number of likely N-dealkylation sites (tertiary alicyclic amines) is 1. The summed E-state index contributed by atoms with van der Waals surface area (Å²) in [6, 6.07) is 13.2. The predicted molar refractivity (Wildman–Crippen MR) is 150 cm³/mol. The molecule has 1 saturated heterocycles. The summed E-state index contributed by atoms with van der Waals surface area (Å²) >= 11 is 1.48. The number of hydrogen-bond acceptors (Lipinski definition) is 5. The molecule has 2 fully saturated rings. The Bertz CT molecular complexity index is 1490. The van der Waals surface area contributed by atoms with E-state index >= 15 is 0 Å². The molecule has 0 radical (unpaired) electrons. The molecule has 2 N–H and O–H groups in total. The number of rotatable bonds is 7. The van der Waals surface area contributed by atoms with E-state index in [0.717, 1.165) is 9.75 Å². The quantitative estimate of drug-likeness (QED) is 0.350. The molecule has 4 unspecified atom stereocenters. The number of aryl methyl sites for hydroxylation is 2. The number of carboxylic acids is 1. The van der Waals surface area contributed by atoms with Crippen molar-refractivity contribution in [3.63, 3.8) is 0 Å². The third kappa shape index (κ3) is 4.72. The highest BCUT2D eigenvalue weighted by Crippen LogP contribution is 2.58. The summed E-state index contributed by atoms with van der Waals surface area (Å²) < 4.78 is 14.0. The second-order valence-corrected chi connectivity index (χ2v) is 12.4. The third-order valence-electron chi connectivity index (χ3n) is 8.09. The average Bonchev–Trinajstić information content (AvgIpc) is 3.64. The molecular formula is C31H31FN2O5S. The second kappa shape index (κ2) is 10.3. The average molecular weight is 563 g/mol. The Labute approximate surface area is 236 Å². The van der Waals surface area contributed by atoms with Crippen molar-refractivity contribution in [2.24, 2.45) is 11.8 Å². The number of carbonyl (C=O) groups excluding carboxylic acids is 3. The summed E-state index contributed by atoms with van der Waals surface area (Å²) in [5.41, 5.74) is 0.295. The van der Waals surface area contributed by atoms with E-state index in [1.807, 2.05) is 19.9 Å². The number of amides is 2. The van der Waals surface area contributed by atoms with Gasteiger partial charge in [-0.15, -0.1) is 11.3 Å². The first-order chi connectivity index (χ1) is 18.9. The zero-order valence-electron chi connectivity index (χ0n) is 22.7. The fourth-order valence-corrected chi connectivity index (χ4v) is 7.06. The van der Waals surface area contributed by atoms with Crippen LogP contribution in [0.2, 0.25) is 0 Å². The molecule has 40 heavy (non-hydrogen) atoms. The van der Waals surface area contributed by atoms with E-state index in [2.05, 4.69) is 5.32 Å². The number of nitrogens with zero attached hydrogens (tertiary/aromatic N) is 1. The van der Waals surface area contributed by atoms with Gasteiger partial charge in [-0.05, 0) is 75.1 Å². The van der Waals surface area contributed by atoms with Gasteiger partial charge in [-0.1, -0.05) is 24.3 Å². The van der Waals surface area contributed by atoms with Crippen LogP contribution < -0.4 is 5.32 Å². The maximum atomic E-state index is 14.5. The van der Waals surface area contributed by atoms with E-state index in [1.54, 1.807) is 24.3 Å². The third-order valence-corrected chi connectivity index (χ3v) is 9.06. The van der Waals surface area contributed by atoms with E-state index in [-0.39, 0.29) is 23.5 Å². The number of carbonyl (C=O) groups is 4. The van der Waals surface area contributed by atoms with Gasteiger partial charge >= 0.3 is 5.97 Å². The molecule has 208 valence electrons. The van der Waals surface area contributed by atoms with Gasteiger partial charge in [-0.2, -0.15) is 0 Å². The van der Waals surface area contributed by atoms with Gasteiger partial charge in [0.15, 0.2) is 5.78 Å². The normalized spacial score (nSPS) is 24.1. The number of anilines is 1. The van der Waals surface area contributed by atoms with E-state index in [9.17, 15) is 28.7 Å². The summed E-state index contributed by atoms with van der Waals surface area (Å²) in [5.74, 6) is -4.73. The van der Waals surface area contributed by atoms with Crippen molar-refractivity contribution in [3.05, 3.63) is 86.9 Å². The Hall–Kier alpha value is -3.85. The monoisotopic (exact) mass is 562 g/mol. The van der Waals surface area contributed by atoms with Crippen molar-refractivity contribution in [1.82, 2.24) is 4.90 Å². The largest absolute Gasteiger partial charge is 0.479 e. The molecule has 1 aromatic heterocycles. The summed E-state index contributed by atoms with van der Waals surface area (Å²) in [6.07, 6.45) is 1.30. The van der Waals surface area contributed by atoms with Crippen LogP contribution in [0.1, 0.15) is 69.9 Å². The van der Waals surface area contributed by atoms with Crippen LogP contribution in [0.3, 0.4) is 0 Å². The first-order valence-corrected chi connectivity index (χ1v) is 14.1. The first-order valence-electron chi connectivity index (χ1n) is 13.2. The number of halogens is 1. The number of hydrogen-bond donors (Lipinski definition) is 2. The molecule has 2 amide bonds. The van der Waals surface area contributed by atoms with Gasteiger partial charge in [-0.25, -0.2) is 9.18 Å². The Kier molecular flexibility index (Phi) is 7.12. The van der Waals surface area contributed by atoms with E-state index in [1.165, 1.54) is 54.3 Å². The Morgan fingerprint density at radius 3 is 2.10 bits per heavy atom. The number of aliphatic carboxylic acids is 1. The molecule has 0 bridgehead atoms. The lowest BCUT2D eigenvalue weighted by molar-refractivity contribution is -0.158. The van der Waals surface area contributed by atoms with Crippen molar-refractivity contribution >= 4 is 40.6 Å². The lowest BCUT2D eigenvalue weighted by atomic mass is 9.71. The smallest absolute Gasteiger partial charge is 0.330 e. The minimum atomic E-state index is -1.78. The van der Waals surface area contributed by atoms with Crippen LogP contribution in [0.25, 0.3) is 0 Å². The Morgan fingerprint density at radius 1 is 1.00 bits per heavy atom. The van der Waals surface area contributed by atoms with Gasteiger partial charge in [0.05, 0.1) is 12.0 Å². The SMILES string of the molecule is CC(=O)Nc1ccc(C2C(C(=O)c3cc(C)sc3C)C(c3ccc(F)cc3)N(C(=O)C3CC3)C2(C)C(=O)O)cc1. The number of nitrogens with one attached hydrogen (secondary N) is 1. The summed E-state index contributed by atoms with van der Waals surface area (Å²) in [5, 5.41) is 13.5. The molecule has 4 atom stereocenters. The molecule has 0 spiro atoms. The number of benzene rings is 2. The van der Waals surface area contributed by atoms with Gasteiger partial charge in [0, 0.05) is 39.8 Å². The highest BCUT2D eigenvalue weighted by atomic mass is 32.1. The molecule has 1 saturated carbocycles. The van der Waals surface area contributed by atoms with Crippen LogP contribution in [-0.2, 0) is 14.4 Å². The number of thiophene rings is 1. The fraction of sp³-hybridized carbons (Fsp3) is 0.355. The van der Waals surface area contributed by atoms with E-state index < -0.39 is 35.2 Å². The zero-order chi connectivity index (χ0) is 28.9. The van der Waals surface area contributed by atoms with Crippen LogP contribution in [0.15, 0.2) is 54.6 Å². The molecular weight excluding hydrogens is 531 g/mol. The van der Waals surface area contributed by atoms with Gasteiger partial charge in [0.25, 0.3) is 0 Å². The second-order valence-electron chi connectivity index (χ2n) is 10.9. The first kappa shape index (κ1) is 27.7. The maximum absolute atomic E-state index is 14.5. The minimum absolute atomic E-state index is 0.252. The molecule has 2 aliphatic rings. The predicted octanol–water partition coefficient (Wildman–Crippen LogP) is 5.88. The van der Waals surface area contributed by atoms with E-state index in [4.69, 9.17) is 0 Å². The van der Waals surface area contributed by atoms with Crippen molar-refractivity contribution in [2.75, 3.05) is 5.32 Å². The van der Waals surface area contributed by atoms with E-state index in [0.29, 0.717) is 35.2 Å². The molecule has 3 aromatic rings. The Balaban J connectivity index is 1.77. The van der Waals surface area contributed by atoms with Crippen molar-refractivity contribution in [1.29, 1.82) is 0 Å². The van der Waals surface area contributed by atoms with Crippen LogP contribution in [-0.4, -0.2) is 39.1 Å². The number of carboxylic acid groups (broad SMARTS) is 1. The minimum Gasteiger partial charge on any atom is -0.479 e. The summed E-state index contributed by atoms with van der Waals surface area (Å²) in [7, 11) is 0. The molecule has 5 rings (SSSR count). The van der Waals surface area contributed by atoms with Gasteiger partial charge in [0.2, 0.25) is 11.8 Å². The van der Waals surface area contributed by atoms with Gasteiger partial charge < -0.3 is 15.3 Å². The molecule has 1 aliphatic heterocycles. The van der Waals surface area contributed by atoms with Crippen LogP contribution >= 0.6 is 11.3 Å². The molecule has 2 heterocycles. The lowest BCUT2D eigenvalue weighted by Crippen LogP contribution is -2.54. The fourth-order valence-electron chi connectivity index (χ4n) is 6.14. The highest BCUT2D eigenvalue weighted by molar-refractivity contribution is 7.12. The summed E-state index contributed by atoms with van der Waals surface area (Å²) in [6.45, 7) is 6.66. The molecule has 2 aromatic carbocycles. The highest BCUT2D eigenvalue weighted by Gasteiger charge is 2.65. The van der Waals surface area contributed by atoms with Crippen molar-refractivity contribution in [3.8, 4) is 0 Å². The summed E-state index contributed by atoms with van der Waals surface area (Å²) in [4.78, 5) is 56.5. The topological polar surface area (TPSA) is 104 Å². The van der Waals surface area contributed by atoms with Crippen LogP contribution in [0, 0.1) is 31.5 Å². The zero-order valence-corrected chi connectivity index (χ0v) is 23.5. The molecule has 1 aliphatic carbocycles. The standard InChI is InChI=1S/C31H31FN2O5S/c1-16-15-24(17(2)40-16)28(36)25-26(19-9-13-23(14-10-19)33-18(3)35)31(4,30(38)39)34(29(37)21-5-6-21)27(25)20-7-11-22(32)12-8-20/h7-15,21,25-27H,5-6H2,1-4H3,(H,33,35)(H,38,39). The van der Waals surface area contributed by atoms with Crippen molar-refractivity contribution in [2.45, 2.75) is 58.0 Å². The van der Waals surface area contributed by atoms with Gasteiger partial charge in [-0.3, -0.25) is 14.4 Å². The molecule has 7 nitrogen and oxygen atoms in total. The maximum Gasteiger partial charge on any atom is 0.330 e. The number of Topliss-reactive ketones (excluding diaryl/α,β-unsaturated/α-hetero) is 1. The molecule has 9 heteroatoms. The van der Waals surface area contributed by atoms with Crippen molar-refractivity contribution < 1.29 is 28.7 Å². The van der Waals surface area contributed by atoms with Crippen LogP contribution in [0.4, 0.5) is 10.1 Å².